The van der Waals surface area contributed by atoms with Crippen molar-refractivity contribution in [3.8, 4) is 0 Å². The SMILES string of the molecule is Nc1cccc(N)c1NCc1ccccc1. The van der Waals surface area contributed by atoms with Crippen molar-refractivity contribution in [1.82, 2.24) is 0 Å². The molecule has 0 spiro atoms. The van der Waals surface area contributed by atoms with Crippen LogP contribution in [0.25, 0.3) is 0 Å². The van der Waals surface area contributed by atoms with Crippen LogP contribution < -0.4 is 16.8 Å². The van der Waals surface area contributed by atoms with Crippen molar-refractivity contribution in [2.75, 3.05) is 16.8 Å². The molecule has 0 radical (unpaired) electrons. The normalized spacial score (nSPS) is 10.0. The molecule has 0 atom stereocenters. The van der Waals surface area contributed by atoms with Gasteiger partial charge in [-0.25, -0.2) is 0 Å². The van der Waals surface area contributed by atoms with Gasteiger partial charge < -0.3 is 16.8 Å². The Labute approximate surface area is 95.1 Å². The van der Waals surface area contributed by atoms with Gasteiger partial charge in [-0.2, -0.15) is 0 Å². The van der Waals surface area contributed by atoms with Gasteiger partial charge in [-0.1, -0.05) is 36.4 Å². The second kappa shape index (κ2) is 4.57. The van der Waals surface area contributed by atoms with Gasteiger partial charge in [0.05, 0.1) is 17.1 Å². The van der Waals surface area contributed by atoms with Crippen LogP contribution in [0.4, 0.5) is 17.1 Å². The molecule has 5 N–H and O–H groups in total. The van der Waals surface area contributed by atoms with Gasteiger partial charge in [0.25, 0.3) is 0 Å². The van der Waals surface area contributed by atoms with Gasteiger partial charge in [-0.15, -0.1) is 0 Å². The Kier molecular flexibility index (Phi) is 2.96. The zero-order chi connectivity index (χ0) is 11.4. The van der Waals surface area contributed by atoms with Crippen LogP contribution in [0, 0.1) is 0 Å². The number of nitrogens with one attached hydrogen (secondary N) is 1. The van der Waals surface area contributed by atoms with E-state index in [-0.39, 0.29) is 0 Å². The number of hydrogen-bond donors (Lipinski definition) is 3. The third-order valence-corrected chi connectivity index (χ3v) is 2.44. The van der Waals surface area contributed by atoms with E-state index in [9.17, 15) is 0 Å². The number of anilines is 3. The number of nitrogens with two attached hydrogens (primary N) is 2. The Balaban J connectivity index is 2.11. The first-order valence-electron chi connectivity index (χ1n) is 5.19. The van der Waals surface area contributed by atoms with Crippen LogP contribution in [0.3, 0.4) is 0 Å². The average Bonchev–Trinajstić information content (AvgIpc) is 2.30. The van der Waals surface area contributed by atoms with Crippen molar-refractivity contribution < 1.29 is 0 Å². The molecule has 2 rings (SSSR count). The second-order valence-corrected chi connectivity index (χ2v) is 3.65. The lowest BCUT2D eigenvalue weighted by atomic mass is 10.2. The molecule has 0 aliphatic carbocycles. The third kappa shape index (κ3) is 2.25. The fourth-order valence-electron chi connectivity index (χ4n) is 1.58. The minimum Gasteiger partial charge on any atom is -0.397 e. The summed E-state index contributed by atoms with van der Waals surface area (Å²) in [5, 5.41) is 3.25. The number of hydrogen-bond acceptors (Lipinski definition) is 3. The van der Waals surface area contributed by atoms with E-state index in [1.165, 1.54) is 5.56 Å². The highest BCUT2D eigenvalue weighted by molar-refractivity contribution is 5.79. The molecule has 2 aromatic carbocycles. The molecule has 0 aliphatic rings. The highest BCUT2D eigenvalue weighted by atomic mass is 14.9. The van der Waals surface area contributed by atoms with Crippen molar-refractivity contribution in [2.24, 2.45) is 0 Å². The Morgan fingerprint density at radius 2 is 1.44 bits per heavy atom. The minimum atomic E-state index is 0.677. The predicted octanol–water partition coefficient (Wildman–Crippen LogP) is 2.46. The van der Waals surface area contributed by atoms with Crippen molar-refractivity contribution >= 4 is 17.1 Å². The van der Waals surface area contributed by atoms with Crippen LogP contribution in [0.15, 0.2) is 48.5 Å². The summed E-state index contributed by atoms with van der Waals surface area (Å²) in [6.07, 6.45) is 0. The van der Waals surface area contributed by atoms with E-state index in [4.69, 9.17) is 11.5 Å². The Hall–Kier alpha value is -2.16. The van der Waals surface area contributed by atoms with Gasteiger partial charge in [-0.05, 0) is 17.7 Å². The second-order valence-electron chi connectivity index (χ2n) is 3.65. The van der Waals surface area contributed by atoms with Crippen molar-refractivity contribution in [1.29, 1.82) is 0 Å². The largest absolute Gasteiger partial charge is 0.397 e. The molecule has 82 valence electrons. The Morgan fingerprint density at radius 1 is 0.812 bits per heavy atom. The summed E-state index contributed by atoms with van der Waals surface area (Å²) >= 11 is 0. The van der Waals surface area contributed by atoms with E-state index < -0.39 is 0 Å². The summed E-state index contributed by atoms with van der Waals surface area (Å²) in [6.45, 7) is 0.721. The fraction of sp³-hybridized carbons (Fsp3) is 0.0769. The van der Waals surface area contributed by atoms with Gasteiger partial charge >= 0.3 is 0 Å². The van der Waals surface area contributed by atoms with Crippen LogP contribution in [0.5, 0.6) is 0 Å². The van der Waals surface area contributed by atoms with Crippen LogP contribution in [0.1, 0.15) is 5.56 Å². The zero-order valence-corrected chi connectivity index (χ0v) is 8.98. The Bertz CT molecular complexity index is 446. The molecule has 0 amide bonds. The molecular formula is C13H15N3. The zero-order valence-electron chi connectivity index (χ0n) is 8.98. The predicted molar refractivity (Wildman–Crippen MR) is 69.0 cm³/mol. The summed E-state index contributed by atoms with van der Waals surface area (Å²) in [6, 6.07) is 15.6. The summed E-state index contributed by atoms with van der Waals surface area (Å²) < 4.78 is 0. The molecule has 16 heavy (non-hydrogen) atoms. The van der Waals surface area contributed by atoms with Gasteiger partial charge in [0.15, 0.2) is 0 Å². The van der Waals surface area contributed by atoms with E-state index in [1.54, 1.807) is 0 Å². The number of nitrogen functional groups attached to an aromatic ring is 2. The molecule has 0 unspecified atom stereocenters. The molecule has 0 heterocycles. The average molecular weight is 213 g/mol. The lowest BCUT2D eigenvalue weighted by molar-refractivity contribution is 1.15. The van der Waals surface area contributed by atoms with Crippen LogP contribution in [-0.4, -0.2) is 0 Å². The highest BCUT2D eigenvalue weighted by Gasteiger charge is 2.02. The molecule has 0 bridgehead atoms. The molecule has 3 nitrogen and oxygen atoms in total. The maximum Gasteiger partial charge on any atom is 0.0810 e. The third-order valence-electron chi connectivity index (χ3n) is 2.44. The first kappa shape index (κ1) is 10.4. The maximum atomic E-state index is 5.84. The number of benzene rings is 2. The van der Waals surface area contributed by atoms with Crippen molar-refractivity contribution in [3.05, 3.63) is 54.1 Å². The van der Waals surface area contributed by atoms with Crippen molar-refractivity contribution in [3.63, 3.8) is 0 Å². The van der Waals surface area contributed by atoms with E-state index in [0.29, 0.717) is 11.4 Å². The summed E-state index contributed by atoms with van der Waals surface area (Å²) in [5.41, 5.74) is 15.1. The molecule has 0 aromatic heterocycles. The molecule has 0 saturated heterocycles. The summed E-state index contributed by atoms with van der Waals surface area (Å²) in [7, 11) is 0. The van der Waals surface area contributed by atoms with E-state index in [2.05, 4.69) is 17.4 Å². The maximum absolute atomic E-state index is 5.84. The Morgan fingerprint density at radius 3 is 2.06 bits per heavy atom. The molecular weight excluding hydrogens is 198 g/mol. The first-order chi connectivity index (χ1) is 7.77. The molecule has 3 heteroatoms. The number of rotatable bonds is 3. The van der Waals surface area contributed by atoms with Crippen LogP contribution in [0.2, 0.25) is 0 Å². The van der Waals surface area contributed by atoms with Gasteiger partial charge in [0.1, 0.15) is 0 Å². The van der Waals surface area contributed by atoms with E-state index in [0.717, 1.165) is 12.2 Å². The minimum absolute atomic E-state index is 0.677. The smallest absolute Gasteiger partial charge is 0.0810 e. The summed E-state index contributed by atoms with van der Waals surface area (Å²) in [4.78, 5) is 0. The quantitative estimate of drug-likeness (QED) is 0.686. The lowest BCUT2D eigenvalue weighted by Gasteiger charge is -2.11. The number of para-hydroxylation sites is 1. The summed E-state index contributed by atoms with van der Waals surface area (Å²) in [5.74, 6) is 0. The van der Waals surface area contributed by atoms with Gasteiger partial charge in [-0.3, -0.25) is 0 Å². The molecule has 0 saturated carbocycles. The van der Waals surface area contributed by atoms with Gasteiger partial charge in [0, 0.05) is 6.54 Å². The molecule has 0 aliphatic heterocycles. The monoisotopic (exact) mass is 213 g/mol. The fourth-order valence-corrected chi connectivity index (χ4v) is 1.58. The molecule has 0 fully saturated rings. The van der Waals surface area contributed by atoms with E-state index in [1.807, 2.05) is 36.4 Å². The van der Waals surface area contributed by atoms with E-state index >= 15 is 0 Å². The topological polar surface area (TPSA) is 64.1 Å². The van der Waals surface area contributed by atoms with Crippen LogP contribution in [-0.2, 0) is 6.54 Å². The lowest BCUT2D eigenvalue weighted by Crippen LogP contribution is -2.05. The van der Waals surface area contributed by atoms with Crippen LogP contribution >= 0.6 is 0 Å². The molecule has 2 aromatic rings. The highest BCUT2D eigenvalue weighted by Crippen LogP contribution is 2.25. The first-order valence-corrected chi connectivity index (χ1v) is 5.19. The standard InChI is InChI=1S/C13H15N3/c14-11-7-4-8-12(15)13(11)16-9-10-5-2-1-3-6-10/h1-8,16H,9,14-15H2. The van der Waals surface area contributed by atoms with Crippen molar-refractivity contribution in [2.45, 2.75) is 6.54 Å². The van der Waals surface area contributed by atoms with Gasteiger partial charge in [0.2, 0.25) is 0 Å².